The van der Waals surface area contributed by atoms with Crippen molar-refractivity contribution in [3.05, 3.63) is 41.6 Å². The zero-order valence-electron chi connectivity index (χ0n) is 15.4. The predicted octanol–water partition coefficient (Wildman–Crippen LogP) is 2.65. The number of methoxy groups -OCH3 is 1. The van der Waals surface area contributed by atoms with Crippen molar-refractivity contribution in [2.45, 2.75) is 13.3 Å². The summed E-state index contributed by atoms with van der Waals surface area (Å²) in [6.07, 6.45) is 1.57. The molecule has 9 nitrogen and oxygen atoms in total. The highest BCUT2D eigenvalue weighted by molar-refractivity contribution is 7.92. The number of halogens is 2. The van der Waals surface area contributed by atoms with E-state index in [4.69, 9.17) is 4.74 Å². The molecule has 29 heavy (non-hydrogen) atoms. The lowest BCUT2D eigenvalue weighted by atomic mass is 10.1. The number of hydrogen-bond donors (Lipinski definition) is 3. The van der Waals surface area contributed by atoms with Gasteiger partial charge in [-0.3, -0.25) is 14.6 Å². The number of amides is 1. The molecule has 0 fully saturated rings. The molecule has 0 aliphatic carbocycles. The second-order valence-corrected chi connectivity index (χ2v) is 7.85. The summed E-state index contributed by atoms with van der Waals surface area (Å²) >= 11 is 0. The number of fused-ring (bicyclic) bond motifs is 1. The van der Waals surface area contributed by atoms with Crippen molar-refractivity contribution < 1.29 is 26.7 Å². The number of rotatable bonds is 7. The summed E-state index contributed by atoms with van der Waals surface area (Å²) in [4.78, 5) is 16.5. The predicted molar refractivity (Wildman–Crippen MR) is 102 cm³/mol. The maximum atomic E-state index is 14.7. The normalized spacial score (nSPS) is 11.4. The van der Waals surface area contributed by atoms with Gasteiger partial charge in [0.15, 0.2) is 11.5 Å². The van der Waals surface area contributed by atoms with E-state index < -0.39 is 38.8 Å². The van der Waals surface area contributed by atoms with Crippen LogP contribution in [0, 0.1) is 11.6 Å². The van der Waals surface area contributed by atoms with Crippen molar-refractivity contribution in [2.24, 2.45) is 0 Å². The molecule has 1 amide bonds. The number of nitrogens with one attached hydrogen (secondary N) is 3. The first kappa shape index (κ1) is 20.5. The van der Waals surface area contributed by atoms with Crippen molar-refractivity contribution in [1.82, 2.24) is 15.2 Å². The number of H-pyrrole nitrogens is 1. The average Bonchev–Trinajstić information content (AvgIpc) is 3.07. The molecule has 0 atom stereocenters. The fourth-order valence-electron chi connectivity index (χ4n) is 2.60. The monoisotopic (exact) mass is 425 g/mol. The minimum absolute atomic E-state index is 0.207. The summed E-state index contributed by atoms with van der Waals surface area (Å²) in [5, 5.41) is 9.44. The van der Waals surface area contributed by atoms with Crippen molar-refractivity contribution in [1.29, 1.82) is 0 Å². The lowest BCUT2D eigenvalue weighted by Crippen LogP contribution is -2.20. The molecule has 3 rings (SSSR count). The van der Waals surface area contributed by atoms with E-state index in [-0.39, 0.29) is 23.7 Å². The molecule has 2 heterocycles. The van der Waals surface area contributed by atoms with Gasteiger partial charge in [-0.05, 0) is 24.6 Å². The van der Waals surface area contributed by atoms with E-state index >= 15 is 0 Å². The van der Waals surface area contributed by atoms with Crippen LogP contribution in [0.2, 0.25) is 0 Å². The van der Waals surface area contributed by atoms with Crippen LogP contribution in [0.3, 0.4) is 0 Å². The fraction of sp³-hybridized carbons (Fsp3) is 0.235. The Balaban J connectivity index is 1.90. The number of carbonyl (C=O) groups excluding carboxylic acids is 1. The minimum atomic E-state index is -3.95. The van der Waals surface area contributed by atoms with E-state index in [1.807, 2.05) is 4.72 Å². The van der Waals surface area contributed by atoms with E-state index in [2.05, 4.69) is 20.5 Å². The van der Waals surface area contributed by atoms with Gasteiger partial charge in [-0.1, -0.05) is 6.92 Å². The summed E-state index contributed by atoms with van der Waals surface area (Å²) in [5.74, 6) is -3.44. The molecular formula is C17H17F2N5O4S. The van der Waals surface area contributed by atoms with Gasteiger partial charge in [0.1, 0.15) is 11.5 Å². The highest BCUT2D eigenvalue weighted by Crippen LogP contribution is 2.26. The van der Waals surface area contributed by atoms with Crippen molar-refractivity contribution in [3.63, 3.8) is 0 Å². The molecule has 0 bridgehead atoms. The van der Waals surface area contributed by atoms with Crippen molar-refractivity contribution in [3.8, 4) is 5.88 Å². The van der Waals surface area contributed by atoms with E-state index in [0.717, 1.165) is 12.1 Å². The van der Waals surface area contributed by atoms with Crippen LogP contribution in [-0.4, -0.2) is 42.4 Å². The number of nitrogens with zero attached hydrogens (tertiary/aromatic N) is 2. The molecule has 0 saturated heterocycles. The van der Waals surface area contributed by atoms with Gasteiger partial charge >= 0.3 is 0 Å². The van der Waals surface area contributed by atoms with E-state index in [0.29, 0.717) is 11.0 Å². The highest BCUT2D eigenvalue weighted by atomic mass is 32.2. The van der Waals surface area contributed by atoms with E-state index in [1.165, 1.54) is 19.4 Å². The number of sulfonamides is 1. The molecule has 0 spiro atoms. The van der Waals surface area contributed by atoms with E-state index in [1.54, 1.807) is 6.92 Å². The smallest absolute Gasteiger partial charge is 0.258 e. The SMILES string of the molecule is CCCS(=O)(=O)Nc1c(F)ccc(C(=O)Nc2cnc3[nH]nc(OC)c3c2)c1F. The molecule has 0 aliphatic rings. The number of pyridine rings is 1. The lowest BCUT2D eigenvalue weighted by Gasteiger charge is -2.12. The number of aromatic amines is 1. The van der Waals surface area contributed by atoms with Gasteiger partial charge < -0.3 is 10.1 Å². The Morgan fingerprint density at radius 3 is 2.76 bits per heavy atom. The number of hydrogen-bond acceptors (Lipinski definition) is 6. The molecule has 2 aromatic heterocycles. The van der Waals surface area contributed by atoms with Crippen LogP contribution in [0.15, 0.2) is 24.4 Å². The fourth-order valence-corrected chi connectivity index (χ4v) is 3.74. The van der Waals surface area contributed by atoms with Crippen LogP contribution in [0.4, 0.5) is 20.2 Å². The molecule has 154 valence electrons. The van der Waals surface area contributed by atoms with Crippen molar-refractivity contribution >= 4 is 38.3 Å². The summed E-state index contributed by atoms with van der Waals surface area (Å²) in [6, 6.07) is 3.24. The summed E-state index contributed by atoms with van der Waals surface area (Å²) in [7, 11) is -2.54. The van der Waals surface area contributed by atoms with Crippen molar-refractivity contribution in [2.75, 3.05) is 22.9 Å². The second kappa shape index (κ2) is 7.99. The first-order valence-corrected chi connectivity index (χ1v) is 10.1. The number of ether oxygens (including phenoxy) is 1. The van der Waals surface area contributed by atoms with Gasteiger partial charge in [-0.25, -0.2) is 22.2 Å². The Bertz CT molecular complexity index is 1180. The molecule has 12 heteroatoms. The number of anilines is 2. The van der Waals surface area contributed by atoms with E-state index in [9.17, 15) is 22.0 Å². The second-order valence-electron chi connectivity index (χ2n) is 6.01. The number of carbonyl (C=O) groups is 1. The standard InChI is InChI=1S/C17H17F2N5O4S/c1-3-6-29(26,27)24-14-12(18)5-4-10(13(14)19)16(25)21-9-7-11-15(20-8-9)22-23-17(11)28-2/h4-5,7-8,24H,3,6H2,1-2H3,(H,21,25)(H,20,22,23). The average molecular weight is 425 g/mol. The van der Waals surface area contributed by atoms with Gasteiger partial charge in [-0.15, -0.1) is 5.10 Å². The Morgan fingerprint density at radius 1 is 1.31 bits per heavy atom. The minimum Gasteiger partial charge on any atom is -0.479 e. The first-order valence-electron chi connectivity index (χ1n) is 8.43. The molecule has 0 radical (unpaired) electrons. The third-order valence-electron chi connectivity index (χ3n) is 3.90. The molecule has 3 aromatic rings. The third-order valence-corrected chi connectivity index (χ3v) is 5.36. The number of benzene rings is 1. The molecule has 1 aromatic carbocycles. The van der Waals surface area contributed by atoms with Crippen LogP contribution < -0.4 is 14.8 Å². The molecule has 0 unspecified atom stereocenters. The Labute approximate surface area is 164 Å². The zero-order chi connectivity index (χ0) is 21.2. The Kier molecular flexibility index (Phi) is 5.64. The zero-order valence-corrected chi connectivity index (χ0v) is 16.2. The van der Waals surface area contributed by atoms with Gasteiger partial charge in [0.05, 0.1) is 35.7 Å². The molecule has 0 aliphatic heterocycles. The molecular weight excluding hydrogens is 408 g/mol. The van der Waals surface area contributed by atoms with Crippen LogP contribution in [0.1, 0.15) is 23.7 Å². The highest BCUT2D eigenvalue weighted by Gasteiger charge is 2.22. The van der Waals surface area contributed by atoms with Crippen LogP contribution in [0.5, 0.6) is 5.88 Å². The maximum Gasteiger partial charge on any atom is 0.258 e. The first-order chi connectivity index (χ1) is 13.8. The largest absolute Gasteiger partial charge is 0.479 e. The third kappa shape index (κ3) is 4.26. The van der Waals surface area contributed by atoms with Gasteiger partial charge in [-0.2, -0.15) is 0 Å². The molecule has 0 saturated carbocycles. The van der Waals surface area contributed by atoms with Crippen LogP contribution in [0.25, 0.3) is 11.0 Å². The van der Waals surface area contributed by atoms with Gasteiger partial charge in [0.25, 0.3) is 5.91 Å². The van der Waals surface area contributed by atoms with Crippen LogP contribution in [-0.2, 0) is 10.0 Å². The van der Waals surface area contributed by atoms with Gasteiger partial charge in [0.2, 0.25) is 15.9 Å². The summed E-state index contributed by atoms with van der Waals surface area (Å²) in [6.45, 7) is 1.61. The summed E-state index contributed by atoms with van der Waals surface area (Å²) < 4.78 is 59.3. The van der Waals surface area contributed by atoms with Crippen LogP contribution >= 0.6 is 0 Å². The maximum absolute atomic E-state index is 14.7. The van der Waals surface area contributed by atoms with Gasteiger partial charge in [0, 0.05) is 0 Å². The topological polar surface area (TPSA) is 126 Å². The quantitative estimate of drug-likeness (QED) is 0.534. The Hall–Kier alpha value is -3.28. The lowest BCUT2D eigenvalue weighted by molar-refractivity contribution is 0.102. The Morgan fingerprint density at radius 2 is 2.07 bits per heavy atom. The molecule has 3 N–H and O–H groups in total. The number of aromatic nitrogens is 3. The summed E-state index contributed by atoms with van der Waals surface area (Å²) in [5.41, 5.74) is -0.824.